The Bertz CT molecular complexity index is 2510. The van der Waals surface area contributed by atoms with Crippen molar-refractivity contribution in [1.82, 2.24) is 52.2 Å². The van der Waals surface area contributed by atoms with Gasteiger partial charge in [0.25, 0.3) is 0 Å². The quantitative estimate of drug-likeness (QED) is 0.0299. The van der Waals surface area contributed by atoms with Gasteiger partial charge in [0.05, 0.1) is 12.4 Å². The molecule has 0 bridgehead atoms. The van der Waals surface area contributed by atoms with Crippen LogP contribution in [-0.2, 0) is 57.6 Å². The third-order valence-corrected chi connectivity index (χ3v) is 14.2. The molecule has 1 aliphatic heterocycles. The average Bonchev–Trinajstić information content (AvgIpc) is 4.05. The highest BCUT2D eigenvalue weighted by molar-refractivity contribution is 8.76. The predicted octanol–water partition coefficient (Wildman–Crippen LogP) is -0.225. The first-order chi connectivity index (χ1) is 35.1. The summed E-state index contributed by atoms with van der Waals surface area (Å²) in [5.41, 5.74) is 19.9. The molecule has 7 amide bonds. The van der Waals surface area contributed by atoms with Gasteiger partial charge in [0.2, 0.25) is 41.4 Å². The van der Waals surface area contributed by atoms with Crippen LogP contribution in [0.5, 0.6) is 0 Å². The van der Waals surface area contributed by atoms with Crippen molar-refractivity contribution in [3.05, 3.63) is 90.1 Å². The summed E-state index contributed by atoms with van der Waals surface area (Å²) in [5.74, 6) is -6.67. The van der Waals surface area contributed by atoms with Gasteiger partial charge in [0.1, 0.15) is 36.3 Å². The molecule has 1 fully saturated rings. The van der Waals surface area contributed by atoms with Crippen molar-refractivity contribution < 1.29 is 43.5 Å². The number of benzene rings is 2. The topological polar surface area (TPSA) is 376 Å². The van der Waals surface area contributed by atoms with Crippen molar-refractivity contribution in [2.75, 3.05) is 24.6 Å². The number of aromatic nitrogens is 3. The molecule has 1 aliphatic rings. The number of nitrogens with two attached hydrogens (primary N) is 3. The molecule has 394 valence electrons. The summed E-state index contributed by atoms with van der Waals surface area (Å²) in [5, 5.41) is 29.9. The number of fused-ring (bicyclic) bond motifs is 1. The zero-order chi connectivity index (χ0) is 52.7. The molecule has 0 radical (unpaired) electrons. The van der Waals surface area contributed by atoms with Crippen molar-refractivity contribution in [2.24, 2.45) is 22.2 Å². The van der Waals surface area contributed by atoms with Crippen LogP contribution in [0.4, 0.5) is 0 Å². The van der Waals surface area contributed by atoms with Crippen LogP contribution in [0.2, 0.25) is 0 Å². The number of unbranched alkanes of at least 4 members (excludes halogenated alkanes) is 1. The number of rotatable bonds is 16. The van der Waals surface area contributed by atoms with Crippen molar-refractivity contribution in [3.63, 3.8) is 0 Å². The summed E-state index contributed by atoms with van der Waals surface area (Å²) in [6.45, 7) is 2.01. The first kappa shape index (κ1) is 56.8. The van der Waals surface area contributed by atoms with E-state index in [0.717, 1.165) is 38.9 Å². The van der Waals surface area contributed by atoms with Gasteiger partial charge < -0.3 is 69.5 Å². The number of imidazole rings is 1. The van der Waals surface area contributed by atoms with E-state index in [1.54, 1.807) is 36.5 Å². The van der Waals surface area contributed by atoms with Crippen LogP contribution in [0, 0.1) is 0 Å². The van der Waals surface area contributed by atoms with E-state index in [-0.39, 0.29) is 75.5 Å². The van der Waals surface area contributed by atoms with Gasteiger partial charge in [-0.2, -0.15) is 0 Å². The molecule has 73 heavy (non-hydrogen) atoms. The second-order valence-electron chi connectivity index (χ2n) is 17.5. The van der Waals surface area contributed by atoms with Crippen LogP contribution in [0.25, 0.3) is 10.9 Å². The molecule has 3 heterocycles. The fourth-order valence-electron chi connectivity index (χ4n) is 7.75. The fourth-order valence-corrected chi connectivity index (χ4v) is 10.1. The highest BCUT2D eigenvalue weighted by atomic mass is 33.1. The van der Waals surface area contributed by atoms with Crippen LogP contribution < -0.4 is 54.4 Å². The number of guanidine groups is 1. The maximum Gasteiger partial charge on any atom is 0.327 e. The maximum absolute atomic E-state index is 14.6. The lowest BCUT2D eigenvalue weighted by Crippen LogP contribution is -2.60. The molecular formula is C48H66N14O9S2. The minimum Gasteiger partial charge on any atom is -0.480 e. The minimum atomic E-state index is -1.38. The molecule has 0 unspecified atom stereocenters. The molecule has 25 heteroatoms. The number of nitrogens with one attached hydrogen (secondary N) is 9. The number of aliphatic carboxylic acids is 1. The Labute approximate surface area is 430 Å². The number of aromatic amines is 2. The molecule has 0 aliphatic carbocycles. The Morgan fingerprint density at radius 1 is 0.795 bits per heavy atom. The molecular weight excluding hydrogens is 981 g/mol. The van der Waals surface area contributed by atoms with Gasteiger partial charge in [-0.25, -0.2) is 9.78 Å². The smallest absolute Gasteiger partial charge is 0.327 e. The molecule has 1 saturated heterocycles. The van der Waals surface area contributed by atoms with Gasteiger partial charge in [-0.15, -0.1) is 0 Å². The van der Waals surface area contributed by atoms with Crippen LogP contribution in [0.15, 0.2) is 78.3 Å². The molecule has 2 aromatic heterocycles. The first-order valence-corrected chi connectivity index (χ1v) is 26.5. The van der Waals surface area contributed by atoms with E-state index in [2.05, 4.69) is 57.2 Å². The van der Waals surface area contributed by atoms with Gasteiger partial charge in [0, 0.05) is 79.3 Å². The summed E-state index contributed by atoms with van der Waals surface area (Å²) >= 11 is 0. The third-order valence-electron chi connectivity index (χ3n) is 11.7. The van der Waals surface area contributed by atoms with Gasteiger partial charge >= 0.3 is 5.97 Å². The molecule has 23 nitrogen and oxygen atoms in total. The molecule has 7 atom stereocenters. The van der Waals surface area contributed by atoms with E-state index in [1.165, 1.54) is 12.5 Å². The molecule has 16 N–H and O–H groups in total. The zero-order valence-corrected chi connectivity index (χ0v) is 42.2. The second-order valence-corrected chi connectivity index (χ2v) is 20.0. The number of amides is 7. The van der Waals surface area contributed by atoms with Gasteiger partial charge in [-0.3, -0.25) is 38.6 Å². The lowest BCUT2D eigenvalue weighted by Gasteiger charge is -2.27. The van der Waals surface area contributed by atoms with Crippen molar-refractivity contribution >= 4 is 85.8 Å². The Hall–Kier alpha value is -7.12. The van der Waals surface area contributed by atoms with E-state index < -0.39 is 89.6 Å². The number of carbonyl (C=O) groups is 8. The Morgan fingerprint density at radius 3 is 2.15 bits per heavy atom. The molecule has 0 spiro atoms. The summed E-state index contributed by atoms with van der Waals surface area (Å²) < 4.78 is 0. The second kappa shape index (κ2) is 29.4. The largest absolute Gasteiger partial charge is 0.480 e. The normalized spacial score (nSPS) is 21.9. The summed E-state index contributed by atoms with van der Waals surface area (Å²) in [4.78, 5) is 125. The number of carbonyl (C=O) groups excluding carboxylic acids is 7. The summed E-state index contributed by atoms with van der Waals surface area (Å²) in [7, 11) is 2.09. The van der Waals surface area contributed by atoms with Crippen molar-refractivity contribution in [1.29, 1.82) is 0 Å². The Kier molecular flexibility index (Phi) is 22.9. The van der Waals surface area contributed by atoms with Gasteiger partial charge in [-0.05, 0) is 42.9 Å². The maximum atomic E-state index is 14.6. The van der Waals surface area contributed by atoms with E-state index in [1.807, 2.05) is 31.2 Å². The lowest BCUT2D eigenvalue weighted by atomic mass is 10.0. The van der Waals surface area contributed by atoms with E-state index in [9.17, 15) is 43.5 Å². The van der Waals surface area contributed by atoms with E-state index in [4.69, 9.17) is 17.2 Å². The number of nitrogens with zero attached hydrogens (tertiary/aromatic N) is 2. The van der Waals surface area contributed by atoms with Crippen LogP contribution >= 0.6 is 21.6 Å². The minimum absolute atomic E-state index is 0.0129. The molecule has 2 aromatic carbocycles. The standard InChI is InChI=1S/C48H66N14O9S2/c1-2-3-14-32(49)41(64)62-38-25-72-73-26-39(47(70)71)57-40(63)17-10-18-53-42(65)36(21-29-23-55-33-15-8-7-13-31(29)33)60-43(66)34(16-9-19-54-48(50)51)58-44(67)35(20-28-11-5-4-6-12-28)59-45(68)37(61-46(38)69)22-30-24-52-27-56-30/h4-8,11-13,15,23-24,27,32,34-39,55H,2-3,9-10,14,16-22,25-26,49H2,1H3,(H,52,56)(H,53,65)(H,57,63)(H,58,67)(H,59,68)(H,60,66)(H,61,69)(H,62,64)(H,70,71)(H4,50,51,54)/t32-,34-,35+,36-,37-,38-,39-/m0/s1. The monoisotopic (exact) mass is 1050 g/mol. The third kappa shape index (κ3) is 18.8. The van der Waals surface area contributed by atoms with Gasteiger partial charge in [0.15, 0.2) is 5.96 Å². The Balaban J connectivity index is 1.52. The molecule has 0 saturated carbocycles. The predicted molar refractivity (Wildman–Crippen MR) is 278 cm³/mol. The highest BCUT2D eigenvalue weighted by Gasteiger charge is 2.34. The lowest BCUT2D eigenvalue weighted by molar-refractivity contribution is -0.141. The molecule has 4 aromatic rings. The number of H-pyrrole nitrogens is 2. The highest BCUT2D eigenvalue weighted by Crippen LogP contribution is 2.24. The fraction of sp³-hybridized carbons (Fsp3) is 0.458. The SMILES string of the molecule is CCCC[C@H](N)C(=O)N[C@H]1CSSC[C@@H](C(=O)O)NC(=O)CCCNC(=O)[C@H](Cc2c[nH]c3ccccc23)NC(=O)[C@H](CCCN=C(N)N)NC(=O)[C@@H](Cc2ccccc2)NC(=O)[C@H](Cc2cnc[nH]2)NC1=O. The van der Waals surface area contributed by atoms with Crippen molar-refractivity contribution in [3.8, 4) is 0 Å². The zero-order valence-electron chi connectivity index (χ0n) is 40.5. The van der Waals surface area contributed by atoms with E-state index in [0.29, 0.717) is 29.7 Å². The van der Waals surface area contributed by atoms with E-state index >= 15 is 0 Å². The summed E-state index contributed by atoms with van der Waals surface area (Å²) in [6, 6.07) is 7.38. The number of carboxylic acid groups (broad SMARTS) is 1. The number of hydrogen-bond acceptors (Lipinski definition) is 13. The first-order valence-electron chi connectivity index (χ1n) is 24.0. The van der Waals surface area contributed by atoms with Crippen LogP contribution in [-0.4, -0.2) is 140 Å². The summed E-state index contributed by atoms with van der Waals surface area (Å²) in [6.07, 6.45) is 6.26. The van der Waals surface area contributed by atoms with Crippen molar-refractivity contribution in [2.45, 2.75) is 113 Å². The number of carboxylic acids is 1. The Morgan fingerprint density at radius 2 is 1.45 bits per heavy atom. The van der Waals surface area contributed by atoms with Crippen LogP contribution in [0.3, 0.4) is 0 Å². The number of aliphatic imine (C=N–C) groups is 1. The molecule has 5 rings (SSSR count). The average molecular weight is 1050 g/mol. The van der Waals surface area contributed by atoms with Gasteiger partial charge in [-0.1, -0.05) is 89.9 Å². The number of para-hydroxylation sites is 1. The van der Waals surface area contributed by atoms with Crippen LogP contribution in [0.1, 0.15) is 68.7 Å². The number of hydrogen-bond donors (Lipinski definition) is 13.